The summed E-state index contributed by atoms with van der Waals surface area (Å²) in [5.74, 6) is -6.20. The second-order valence-electron chi connectivity index (χ2n) is 3.20. The van der Waals surface area contributed by atoms with Crippen LogP contribution >= 0.6 is 0 Å². The molecule has 0 bridgehead atoms. The summed E-state index contributed by atoms with van der Waals surface area (Å²) in [5, 5.41) is 0. The molecular weight excluding hydrogens is 254 g/mol. The number of aromatic nitrogens is 2. The molecule has 0 spiro atoms. The topological polar surface area (TPSA) is 45.8 Å². The lowest BCUT2D eigenvalue weighted by Gasteiger charge is -2.21. The number of halogens is 6. The summed E-state index contributed by atoms with van der Waals surface area (Å²) in [4.78, 5) is 16.7. The van der Waals surface area contributed by atoms with Crippen LogP contribution < -0.4 is 0 Å². The molecule has 17 heavy (non-hydrogen) atoms. The van der Waals surface area contributed by atoms with Crippen LogP contribution in [-0.2, 0) is 11.2 Å². The van der Waals surface area contributed by atoms with E-state index in [9.17, 15) is 31.1 Å². The zero-order valence-electron chi connectivity index (χ0n) is 8.06. The van der Waals surface area contributed by atoms with Crippen molar-refractivity contribution in [2.75, 3.05) is 0 Å². The third kappa shape index (κ3) is 3.46. The Labute approximate surface area is 90.8 Å². The van der Waals surface area contributed by atoms with Crippen LogP contribution in [-0.4, -0.2) is 28.1 Å². The predicted molar refractivity (Wildman–Crippen MR) is 42.9 cm³/mol. The van der Waals surface area contributed by atoms with Crippen molar-refractivity contribution < 1.29 is 31.1 Å². The molecule has 0 saturated heterocycles. The third-order valence-corrected chi connectivity index (χ3v) is 1.87. The number of Topliss-reactive ketones (excluding diaryl/α,β-unsaturated/α-hetero) is 1. The van der Waals surface area contributed by atoms with Crippen molar-refractivity contribution in [2.45, 2.75) is 18.8 Å². The van der Waals surface area contributed by atoms with Gasteiger partial charge in [0.2, 0.25) is 5.92 Å². The second kappa shape index (κ2) is 4.38. The number of rotatable bonds is 3. The van der Waals surface area contributed by atoms with Crippen molar-refractivity contribution in [2.24, 2.45) is 5.92 Å². The number of nitrogens with zero attached hydrogens (tertiary/aromatic N) is 1. The monoisotopic (exact) mass is 260 g/mol. The van der Waals surface area contributed by atoms with E-state index in [-0.39, 0.29) is 5.82 Å². The standard InChI is InChI=1S/C8H6F6N2O/c9-7(10,11)6(8(12,13)14)4(17)3-5-15-1-2-16-5/h1-2,6H,3H2,(H,15,16). The number of imidazole rings is 1. The fraction of sp³-hybridized carbons (Fsp3) is 0.500. The number of aromatic amines is 1. The Morgan fingerprint density at radius 3 is 2.12 bits per heavy atom. The van der Waals surface area contributed by atoms with Crippen LogP contribution in [0.1, 0.15) is 5.82 Å². The van der Waals surface area contributed by atoms with Gasteiger partial charge in [-0.25, -0.2) is 4.98 Å². The van der Waals surface area contributed by atoms with Crippen LogP contribution in [0, 0.1) is 5.92 Å². The summed E-state index contributed by atoms with van der Waals surface area (Å²) in [6.07, 6.45) is -10.0. The van der Waals surface area contributed by atoms with E-state index < -0.39 is 30.5 Å². The SMILES string of the molecule is O=C(Cc1ncc[nH]1)C(C(F)(F)F)C(F)(F)F. The molecule has 0 amide bonds. The van der Waals surface area contributed by atoms with Crippen LogP contribution in [0.2, 0.25) is 0 Å². The summed E-state index contributed by atoms with van der Waals surface area (Å²) < 4.78 is 72.7. The normalized spacial score (nSPS) is 13.1. The maximum Gasteiger partial charge on any atom is 0.407 e. The van der Waals surface area contributed by atoms with Gasteiger partial charge in [-0.3, -0.25) is 4.79 Å². The minimum absolute atomic E-state index is 0.242. The highest BCUT2D eigenvalue weighted by Crippen LogP contribution is 2.40. The summed E-state index contributed by atoms with van der Waals surface area (Å²) in [6.45, 7) is 0. The van der Waals surface area contributed by atoms with Crippen molar-refractivity contribution in [3.63, 3.8) is 0 Å². The number of carbonyl (C=O) groups is 1. The van der Waals surface area contributed by atoms with Crippen LogP contribution in [0.25, 0.3) is 0 Å². The minimum atomic E-state index is -5.65. The highest BCUT2D eigenvalue weighted by Gasteiger charge is 2.60. The molecule has 1 heterocycles. The molecule has 0 saturated carbocycles. The van der Waals surface area contributed by atoms with E-state index in [1.165, 1.54) is 6.20 Å². The molecule has 1 aromatic heterocycles. The number of carbonyl (C=O) groups excluding carboxylic acids is 1. The van der Waals surface area contributed by atoms with Crippen molar-refractivity contribution in [1.29, 1.82) is 0 Å². The Bertz CT molecular complexity index is 366. The quantitative estimate of drug-likeness (QED) is 0.847. The molecule has 0 radical (unpaired) electrons. The Hall–Kier alpha value is -1.54. The lowest BCUT2D eigenvalue weighted by atomic mass is 10.0. The minimum Gasteiger partial charge on any atom is -0.348 e. The maximum absolute atomic E-state index is 12.1. The Kier molecular flexibility index (Phi) is 3.48. The lowest BCUT2D eigenvalue weighted by Crippen LogP contribution is -2.43. The zero-order chi connectivity index (χ0) is 13.3. The first-order valence-electron chi connectivity index (χ1n) is 4.26. The van der Waals surface area contributed by atoms with Gasteiger partial charge in [0.1, 0.15) is 5.82 Å². The molecule has 9 heteroatoms. The number of ketones is 1. The fourth-order valence-corrected chi connectivity index (χ4v) is 1.21. The van der Waals surface area contributed by atoms with Gasteiger partial charge in [0.25, 0.3) is 0 Å². The molecule has 0 aliphatic carbocycles. The van der Waals surface area contributed by atoms with Crippen molar-refractivity contribution in [3.8, 4) is 0 Å². The Balaban J connectivity index is 2.89. The van der Waals surface area contributed by atoms with Crippen molar-refractivity contribution in [3.05, 3.63) is 18.2 Å². The first-order valence-corrected chi connectivity index (χ1v) is 4.26. The van der Waals surface area contributed by atoms with E-state index in [2.05, 4.69) is 9.97 Å². The van der Waals surface area contributed by atoms with Gasteiger partial charge >= 0.3 is 12.4 Å². The first-order chi connectivity index (χ1) is 7.62. The predicted octanol–water partition coefficient (Wildman–Crippen LogP) is 2.26. The lowest BCUT2D eigenvalue weighted by molar-refractivity contribution is -0.273. The molecule has 0 aromatic carbocycles. The van der Waals surface area contributed by atoms with Crippen LogP contribution in [0.3, 0.4) is 0 Å². The molecule has 96 valence electrons. The number of hydrogen-bond acceptors (Lipinski definition) is 2. The van der Waals surface area contributed by atoms with Gasteiger partial charge in [0.05, 0.1) is 6.42 Å². The number of H-pyrrole nitrogens is 1. The number of hydrogen-bond donors (Lipinski definition) is 1. The Morgan fingerprint density at radius 2 is 1.76 bits per heavy atom. The molecule has 1 N–H and O–H groups in total. The van der Waals surface area contributed by atoms with E-state index in [0.717, 1.165) is 6.20 Å². The molecule has 1 rings (SSSR count). The van der Waals surface area contributed by atoms with Crippen LogP contribution in [0.4, 0.5) is 26.3 Å². The molecule has 0 unspecified atom stereocenters. The molecule has 1 aromatic rings. The zero-order valence-corrected chi connectivity index (χ0v) is 8.06. The van der Waals surface area contributed by atoms with Gasteiger partial charge in [0.15, 0.2) is 5.78 Å². The largest absolute Gasteiger partial charge is 0.407 e. The van der Waals surface area contributed by atoms with E-state index >= 15 is 0 Å². The van der Waals surface area contributed by atoms with E-state index in [1.54, 1.807) is 0 Å². The third-order valence-electron chi connectivity index (χ3n) is 1.87. The number of alkyl halides is 6. The molecule has 0 fully saturated rings. The van der Waals surface area contributed by atoms with Gasteiger partial charge in [-0.1, -0.05) is 0 Å². The Morgan fingerprint density at radius 1 is 1.24 bits per heavy atom. The van der Waals surface area contributed by atoms with E-state index in [4.69, 9.17) is 0 Å². The second-order valence-corrected chi connectivity index (χ2v) is 3.20. The van der Waals surface area contributed by atoms with E-state index in [0.29, 0.717) is 0 Å². The van der Waals surface area contributed by atoms with Crippen molar-refractivity contribution >= 4 is 5.78 Å². The highest BCUT2D eigenvalue weighted by molar-refractivity contribution is 5.84. The van der Waals surface area contributed by atoms with E-state index in [1.807, 2.05) is 0 Å². The van der Waals surface area contributed by atoms with Crippen LogP contribution in [0.5, 0.6) is 0 Å². The van der Waals surface area contributed by atoms with Gasteiger partial charge in [0, 0.05) is 12.4 Å². The summed E-state index contributed by atoms with van der Waals surface area (Å²) in [6, 6.07) is 0. The summed E-state index contributed by atoms with van der Waals surface area (Å²) in [5.41, 5.74) is 0. The van der Waals surface area contributed by atoms with Gasteiger partial charge in [-0.05, 0) is 0 Å². The first kappa shape index (κ1) is 13.5. The van der Waals surface area contributed by atoms with Crippen molar-refractivity contribution in [1.82, 2.24) is 9.97 Å². The number of nitrogens with one attached hydrogen (secondary N) is 1. The fourth-order valence-electron chi connectivity index (χ4n) is 1.21. The summed E-state index contributed by atoms with van der Waals surface area (Å²) >= 11 is 0. The molecule has 0 aliphatic rings. The molecular formula is C8H6F6N2O. The highest BCUT2D eigenvalue weighted by atomic mass is 19.4. The van der Waals surface area contributed by atoms with Gasteiger partial charge in [-0.15, -0.1) is 0 Å². The smallest absolute Gasteiger partial charge is 0.348 e. The van der Waals surface area contributed by atoms with Crippen LogP contribution in [0.15, 0.2) is 12.4 Å². The summed E-state index contributed by atoms with van der Waals surface area (Å²) in [7, 11) is 0. The van der Waals surface area contributed by atoms with Gasteiger partial charge in [-0.2, -0.15) is 26.3 Å². The molecule has 0 atom stereocenters. The molecule has 0 aliphatic heterocycles. The average Bonchev–Trinajstić information content (AvgIpc) is 2.49. The molecule has 3 nitrogen and oxygen atoms in total. The average molecular weight is 260 g/mol. The maximum atomic E-state index is 12.1. The van der Waals surface area contributed by atoms with Gasteiger partial charge < -0.3 is 4.98 Å².